The lowest BCUT2D eigenvalue weighted by Crippen LogP contribution is -2.34. The fourth-order valence-electron chi connectivity index (χ4n) is 4.03. The van der Waals surface area contributed by atoms with Gasteiger partial charge >= 0.3 is 5.63 Å². The molecule has 168 valence electrons. The molecule has 0 radical (unpaired) electrons. The summed E-state index contributed by atoms with van der Waals surface area (Å²) in [6.07, 6.45) is 1.50. The molecule has 0 saturated carbocycles. The number of nitrogens with one attached hydrogen (secondary N) is 1. The molecular weight excluding hydrogens is 410 g/mol. The SMILES string of the molecule is Cc1cc(=O)oc2c3c(cc(OCC(=O)N[C@@H](CO)c4ccccc4)c12)OC(C)(C)CC3. The van der Waals surface area contributed by atoms with Crippen molar-refractivity contribution >= 4 is 16.9 Å². The van der Waals surface area contributed by atoms with Crippen LogP contribution in [0.5, 0.6) is 11.5 Å². The van der Waals surface area contributed by atoms with Gasteiger partial charge in [-0.15, -0.1) is 0 Å². The molecule has 2 aromatic carbocycles. The molecule has 4 rings (SSSR count). The second-order valence-corrected chi connectivity index (χ2v) is 8.67. The van der Waals surface area contributed by atoms with Gasteiger partial charge in [0.05, 0.1) is 18.0 Å². The summed E-state index contributed by atoms with van der Waals surface area (Å²) < 4.78 is 17.5. The fraction of sp³-hybridized carbons (Fsp3) is 0.360. The van der Waals surface area contributed by atoms with Gasteiger partial charge in [-0.3, -0.25) is 4.79 Å². The third kappa shape index (κ3) is 4.48. The maximum atomic E-state index is 12.6. The molecule has 1 amide bonds. The van der Waals surface area contributed by atoms with Crippen LogP contribution in [0, 0.1) is 6.92 Å². The summed E-state index contributed by atoms with van der Waals surface area (Å²) in [7, 11) is 0. The van der Waals surface area contributed by atoms with E-state index in [0.717, 1.165) is 17.5 Å². The molecule has 0 aliphatic carbocycles. The zero-order valence-electron chi connectivity index (χ0n) is 18.4. The van der Waals surface area contributed by atoms with Gasteiger partial charge in [0.1, 0.15) is 22.7 Å². The van der Waals surface area contributed by atoms with Crippen molar-refractivity contribution in [2.24, 2.45) is 0 Å². The van der Waals surface area contributed by atoms with Crippen molar-refractivity contribution in [1.29, 1.82) is 0 Å². The second kappa shape index (κ2) is 8.67. The average molecular weight is 437 g/mol. The van der Waals surface area contributed by atoms with Gasteiger partial charge in [-0.05, 0) is 44.7 Å². The van der Waals surface area contributed by atoms with E-state index in [1.807, 2.05) is 51.1 Å². The van der Waals surface area contributed by atoms with E-state index in [0.29, 0.717) is 34.5 Å². The molecule has 3 aromatic rings. The number of ether oxygens (including phenoxy) is 2. The van der Waals surface area contributed by atoms with E-state index in [9.17, 15) is 14.7 Å². The minimum atomic E-state index is -0.531. The van der Waals surface area contributed by atoms with Gasteiger partial charge in [0, 0.05) is 17.7 Å². The summed E-state index contributed by atoms with van der Waals surface area (Å²) in [6, 6.07) is 11.9. The number of rotatable bonds is 6. The van der Waals surface area contributed by atoms with Crippen LogP contribution in [0.25, 0.3) is 11.0 Å². The van der Waals surface area contributed by atoms with E-state index in [1.54, 1.807) is 6.07 Å². The standard InChI is InChI=1S/C25H27NO6/c1-15-11-22(29)31-24-17-9-10-25(2,3)32-19(17)12-20(23(15)24)30-14-21(28)26-18(13-27)16-7-5-4-6-8-16/h4-8,11-12,18,27H,9-10,13-14H2,1-3H3,(H,26,28)/t18-/m0/s1. The number of hydrogen-bond donors (Lipinski definition) is 2. The van der Waals surface area contributed by atoms with Crippen LogP contribution in [0.2, 0.25) is 0 Å². The number of aliphatic hydroxyl groups is 1. The zero-order valence-corrected chi connectivity index (χ0v) is 18.4. The Morgan fingerprint density at radius 2 is 2.00 bits per heavy atom. The maximum Gasteiger partial charge on any atom is 0.336 e. The average Bonchev–Trinajstić information content (AvgIpc) is 2.75. The minimum absolute atomic E-state index is 0.231. The Balaban J connectivity index is 1.61. The summed E-state index contributed by atoms with van der Waals surface area (Å²) in [4.78, 5) is 24.6. The van der Waals surface area contributed by atoms with Gasteiger partial charge in [-0.1, -0.05) is 30.3 Å². The molecule has 0 spiro atoms. The number of amides is 1. The van der Waals surface area contributed by atoms with E-state index in [1.165, 1.54) is 6.07 Å². The summed E-state index contributed by atoms with van der Waals surface area (Å²) in [6.45, 7) is 5.31. The molecule has 0 unspecified atom stereocenters. The van der Waals surface area contributed by atoms with Crippen molar-refractivity contribution in [3.63, 3.8) is 0 Å². The summed E-state index contributed by atoms with van der Waals surface area (Å²) in [5.74, 6) is 0.624. The van der Waals surface area contributed by atoms with Crippen molar-refractivity contribution in [3.8, 4) is 11.5 Å². The van der Waals surface area contributed by atoms with Crippen LogP contribution in [0.3, 0.4) is 0 Å². The van der Waals surface area contributed by atoms with Crippen molar-refractivity contribution in [2.45, 2.75) is 45.3 Å². The summed E-state index contributed by atoms with van der Waals surface area (Å²) >= 11 is 0. The molecule has 2 heterocycles. The number of aliphatic hydroxyl groups excluding tert-OH is 1. The van der Waals surface area contributed by atoms with Gasteiger partial charge in [-0.2, -0.15) is 0 Å². The Hall–Kier alpha value is -3.32. The topological polar surface area (TPSA) is 98.0 Å². The Morgan fingerprint density at radius 3 is 2.72 bits per heavy atom. The largest absolute Gasteiger partial charge is 0.487 e. The number of hydrogen-bond acceptors (Lipinski definition) is 6. The van der Waals surface area contributed by atoms with Crippen molar-refractivity contribution in [1.82, 2.24) is 5.32 Å². The quantitative estimate of drug-likeness (QED) is 0.574. The van der Waals surface area contributed by atoms with Crippen LogP contribution in [-0.2, 0) is 11.2 Å². The van der Waals surface area contributed by atoms with Crippen molar-refractivity contribution in [3.05, 3.63) is 69.6 Å². The predicted molar refractivity (Wildman–Crippen MR) is 120 cm³/mol. The van der Waals surface area contributed by atoms with Gasteiger partial charge < -0.3 is 24.3 Å². The first-order chi connectivity index (χ1) is 15.3. The lowest BCUT2D eigenvalue weighted by molar-refractivity contribution is -0.124. The van der Waals surface area contributed by atoms with Crippen molar-refractivity contribution in [2.75, 3.05) is 13.2 Å². The number of carbonyl (C=O) groups is 1. The molecule has 32 heavy (non-hydrogen) atoms. The Kier molecular flexibility index (Phi) is 5.93. The van der Waals surface area contributed by atoms with E-state index in [4.69, 9.17) is 13.9 Å². The van der Waals surface area contributed by atoms with E-state index in [-0.39, 0.29) is 24.7 Å². The fourth-order valence-corrected chi connectivity index (χ4v) is 4.03. The molecule has 0 bridgehead atoms. The monoisotopic (exact) mass is 437 g/mol. The third-order valence-electron chi connectivity index (χ3n) is 5.68. The lowest BCUT2D eigenvalue weighted by Gasteiger charge is -2.33. The van der Waals surface area contributed by atoms with Gasteiger partial charge in [0.15, 0.2) is 6.61 Å². The molecule has 2 N–H and O–H groups in total. The highest BCUT2D eigenvalue weighted by Crippen LogP contribution is 2.42. The Bertz CT molecular complexity index is 1200. The molecule has 0 saturated heterocycles. The Morgan fingerprint density at radius 1 is 1.25 bits per heavy atom. The molecule has 1 atom stereocenters. The van der Waals surface area contributed by atoms with Crippen LogP contribution < -0.4 is 20.4 Å². The number of fused-ring (bicyclic) bond motifs is 3. The Labute approximate surface area is 186 Å². The zero-order chi connectivity index (χ0) is 22.9. The number of benzene rings is 2. The first-order valence-electron chi connectivity index (χ1n) is 10.6. The summed E-state index contributed by atoms with van der Waals surface area (Å²) in [5.41, 5.74) is 1.99. The van der Waals surface area contributed by atoms with Crippen LogP contribution in [0.15, 0.2) is 51.7 Å². The van der Waals surface area contributed by atoms with Crippen molar-refractivity contribution < 1.29 is 23.8 Å². The van der Waals surface area contributed by atoms with Crippen LogP contribution in [0.4, 0.5) is 0 Å². The maximum absolute atomic E-state index is 12.6. The molecule has 1 aliphatic rings. The lowest BCUT2D eigenvalue weighted by atomic mass is 9.92. The first kappa shape index (κ1) is 21.9. The molecule has 1 aromatic heterocycles. The second-order valence-electron chi connectivity index (χ2n) is 8.67. The minimum Gasteiger partial charge on any atom is -0.487 e. The highest BCUT2D eigenvalue weighted by atomic mass is 16.5. The highest BCUT2D eigenvalue weighted by molar-refractivity contribution is 5.91. The van der Waals surface area contributed by atoms with E-state index in [2.05, 4.69) is 5.32 Å². The van der Waals surface area contributed by atoms with Crippen LogP contribution in [0.1, 0.15) is 43.0 Å². The molecule has 7 nitrogen and oxygen atoms in total. The summed E-state index contributed by atoms with van der Waals surface area (Å²) in [5, 5.41) is 13.1. The highest BCUT2D eigenvalue weighted by Gasteiger charge is 2.30. The smallest absolute Gasteiger partial charge is 0.336 e. The molecule has 7 heteroatoms. The van der Waals surface area contributed by atoms with E-state index < -0.39 is 11.7 Å². The van der Waals surface area contributed by atoms with Crippen LogP contribution >= 0.6 is 0 Å². The van der Waals surface area contributed by atoms with Crippen LogP contribution in [-0.4, -0.2) is 29.8 Å². The van der Waals surface area contributed by atoms with Gasteiger partial charge in [-0.25, -0.2) is 4.79 Å². The van der Waals surface area contributed by atoms with Gasteiger partial charge in [0.2, 0.25) is 0 Å². The molecule has 0 fully saturated rings. The number of carbonyl (C=O) groups excluding carboxylic acids is 1. The van der Waals surface area contributed by atoms with E-state index >= 15 is 0 Å². The normalized spacial score (nSPS) is 15.5. The molecular formula is C25H27NO6. The number of aryl methyl sites for hydroxylation is 2. The molecule has 1 aliphatic heterocycles. The van der Waals surface area contributed by atoms with Gasteiger partial charge in [0.25, 0.3) is 5.91 Å². The first-order valence-corrected chi connectivity index (χ1v) is 10.6. The third-order valence-corrected chi connectivity index (χ3v) is 5.68. The predicted octanol–water partition coefficient (Wildman–Crippen LogP) is 3.43.